The van der Waals surface area contributed by atoms with Crippen LogP contribution in [0.3, 0.4) is 0 Å². The number of benzene rings is 1. The smallest absolute Gasteiger partial charge is 0.0394 e. The second kappa shape index (κ2) is 3.56. The second-order valence-electron chi connectivity index (χ2n) is 2.89. The van der Waals surface area contributed by atoms with Crippen molar-refractivity contribution in [1.82, 2.24) is 0 Å². The largest absolute Gasteiger partial charge is 0.143 e. The minimum atomic E-state index is 1.10. The van der Waals surface area contributed by atoms with Gasteiger partial charge in [0.15, 0.2) is 0 Å². The van der Waals surface area contributed by atoms with Crippen LogP contribution in [-0.2, 0) is 0 Å². The molecule has 68 valence electrons. The molecular weight excluding hydrogens is 216 g/mol. The van der Waals surface area contributed by atoms with Crippen molar-refractivity contribution in [3.63, 3.8) is 0 Å². The highest BCUT2D eigenvalue weighted by Gasteiger charge is 2.07. The topological polar surface area (TPSA) is 0 Å². The third kappa shape index (κ3) is 1.49. The highest BCUT2D eigenvalue weighted by Crippen LogP contribution is 2.35. The van der Waals surface area contributed by atoms with Crippen molar-refractivity contribution < 1.29 is 0 Å². The van der Waals surface area contributed by atoms with E-state index in [0.29, 0.717) is 0 Å². The van der Waals surface area contributed by atoms with Crippen LogP contribution in [0, 0.1) is 6.92 Å². The van der Waals surface area contributed by atoms with Crippen LogP contribution in [0.15, 0.2) is 27.3 Å². The minimum absolute atomic E-state index is 1.10. The fourth-order valence-electron chi connectivity index (χ4n) is 1.39. The Kier molecular flexibility index (Phi) is 2.58. The number of thiol groups is 1. The third-order valence-corrected chi connectivity index (χ3v) is 4.42. The monoisotopic (exact) mass is 226 g/mol. The Morgan fingerprint density at radius 2 is 2.23 bits per heavy atom. The first-order valence-corrected chi connectivity index (χ1v) is 6.53. The Hall–Kier alpha value is -0.120. The molecular formula is C10H10S3. The summed E-state index contributed by atoms with van der Waals surface area (Å²) in [6.07, 6.45) is 2.11. The molecule has 0 amide bonds. The van der Waals surface area contributed by atoms with E-state index in [0.717, 1.165) is 4.90 Å². The average molecular weight is 226 g/mol. The normalized spacial score (nSPS) is 11.0. The molecule has 0 spiro atoms. The number of aryl methyl sites for hydroxylation is 1. The molecule has 13 heavy (non-hydrogen) atoms. The summed E-state index contributed by atoms with van der Waals surface area (Å²) in [7, 11) is 0. The van der Waals surface area contributed by atoms with Gasteiger partial charge in [0.1, 0.15) is 0 Å². The fraction of sp³-hybridized carbons (Fsp3) is 0.200. The number of thioether (sulfide) groups is 1. The van der Waals surface area contributed by atoms with E-state index in [1.54, 1.807) is 23.1 Å². The van der Waals surface area contributed by atoms with E-state index in [2.05, 4.69) is 43.3 Å². The van der Waals surface area contributed by atoms with Crippen molar-refractivity contribution in [2.24, 2.45) is 0 Å². The van der Waals surface area contributed by atoms with Crippen molar-refractivity contribution >= 4 is 45.8 Å². The molecule has 0 fully saturated rings. The fourth-order valence-corrected chi connectivity index (χ4v) is 3.42. The number of fused-ring (bicyclic) bond motifs is 1. The van der Waals surface area contributed by atoms with Gasteiger partial charge in [0.2, 0.25) is 0 Å². The van der Waals surface area contributed by atoms with Crippen molar-refractivity contribution in [2.45, 2.75) is 16.7 Å². The van der Waals surface area contributed by atoms with Gasteiger partial charge in [0.25, 0.3) is 0 Å². The van der Waals surface area contributed by atoms with Gasteiger partial charge in [-0.1, -0.05) is 0 Å². The lowest BCUT2D eigenvalue weighted by Gasteiger charge is -2.05. The van der Waals surface area contributed by atoms with Gasteiger partial charge in [-0.05, 0) is 36.3 Å². The van der Waals surface area contributed by atoms with Crippen LogP contribution in [0.2, 0.25) is 0 Å². The zero-order valence-electron chi connectivity index (χ0n) is 7.50. The van der Waals surface area contributed by atoms with Crippen LogP contribution in [0.5, 0.6) is 0 Å². The first kappa shape index (κ1) is 9.44. The average Bonchev–Trinajstić information content (AvgIpc) is 2.60. The molecule has 0 nitrogen and oxygen atoms in total. The lowest BCUT2D eigenvalue weighted by atomic mass is 10.2. The summed E-state index contributed by atoms with van der Waals surface area (Å²) >= 11 is 8.04. The van der Waals surface area contributed by atoms with Crippen LogP contribution < -0.4 is 0 Å². The van der Waals surface area contributed by atoms with Gasteiger partial charge >= 0.3 is 0 Å². The van der Waals surface area contributed by atoms with E-state index in [9.17, 15) is 0 Å². The summed E-state index contributed by atoms with van der Waals surface area (Å²) in [4.78, 5) is 2.42. The van der Waals surface area contributed by atoms with Gasteiger partial charge in [-0.15, -0.1) is 35.7 Å². The predicted molar refractivity (Wildman–Crippen MR) is 65.6 cm³/mol. The van der Waals surface area contributed by atoms with E-state index in [1.807, 2.05) is 0 Å². The van der Waals surface area contributed by atoms with E-state index in [1.165, 1.54) is 20.5 Å². The molecule has 0 N–H and O–H groups in total. The summed E-state index contributed by atoms with van der Waals surface area (Å²) in [5.74, 6) is 0. The van der Waals surface area contributed by atoms with Gasteiger partial charge in [0.05, 0.1) is 0 Å². The maximum atomic E-state index is 4.47. The van der Waals surface area contributed by atoms with E-state index < -0.39 is 0 Å². The van der Waals surface area contributed by atoms with Crippen molar-refractivity contribution in [3.05, 3.63) is 23.1 Å². The van der Waals surface area contributed by atoms with Gasteiger partial charge < -0.3 is 0 Å². The Bertz CT molecular complexity index is 443. The molecule has 1 heterocycles. The Morgan fingerprint density at radius 3 is 2.92 bits per heavy atom. The molecule has 0 aliphatic heterocycles. The van der Waals surface area contributed by atoms with Gasteiger partial charge in [-0.25, -0.2) is 0 Å². The molecule has 0 saturated heterocycles. The lowest BCUT2D eigenvalue weighted by molar-refractivity contribution is 1.31. The standard InChI is InChI=1S/C10H10S3/c1-6-8(11)5-9(12-2)7-3-4-13-10(6)7/h3-5,11H,1-2H3. The van der Waals surface area contributed by atoms with Crippen LogP contribution in [-0.4, -0.2) is 6.26 Å². The maximum Gasteiger partial charge on any atom is 0.0394 e. The van der Waals surface area contributed by atoms with E-state index >= 15 is 0 Å². The molecule has 3 heteroatoms. The summed E-state index contributed by atoms with van der Waals surface area (Å²) in [5.41, 5.74) is 1.30. The molecule has 0 bridgehead atoms. The number of hydrogen-bond donors (Lipinski definition) is 1. The molecule has 2 aromatic rings. The van der Waals surface area contributed by atoms with E-state index in [-0.39, 0.29) is 0 Å². The number of rotatable bonds is 1. The highest BCUT2D eigenvalue weighted by atomic mass is 32.2. The number of hydrogen-bond acceptors (Lipinski definition) is 3. The number of thiophene rings is 1. The molecule has 0 unspecified atom stereocenters. The zero-order chi connectivity index (χ0) is 9.42. The first-order valence-electron chi connectivity index (χ1n) is 3.98. The minimum Gasteiger partial charge on any atom is -0.143 e. The van der Waals surface area contributed by atoms with Gasteiger partial charge in [-0.2, -0.15) is 0 Å². The molecule has 0 aliphatic rings. The van der Waals surface area contributed by atoms with Gasteiger partial charge in [-0.3, -0.25) is 0 Å². The summed E-state index contributed by atoms with van der Waals surface area (Å²) in [5, 5.41) is 3.51. The molecule has 2 rings (SSSR count). The molecule has 1 aromatic heterocycles. The van der Waals surface area contributed by atoms with Crippen molar-refractivity contribution in [3.8, 4) is 0 Å². The van der Waals surface area contributed by atoms with Crippen molar-refractivity contribution in [2.75, 3.05) is 6.26 Å². The molecule has 1 aromatic carbocycles. The Labute approximate surface area is 91.8 Å². The lowest BCUT2D eigenvalue weighted by Crippen LogP contribution is -1.79. The maximum absolute atomic E-state index is 4.47. The molecule has 0 saturated carbocycles. The second-order valence-corrected chi connectivity index (χ2v) is 5.13. The van der Waals surface area contributed by atoms with E-state index in [4.69, 9.17) is 0 Å². The zero-order valence-corrected chi connectivity index (χ0v) is 10.0. The molecule has 0 radical (unpaired) electrons. The van der Waals surface area contributed by atoms with Crippen LogP contribution in [0.1, 0.15) is 5.56 Å². The van der Waals surface area contributed by atoms with Crippen molar-refractivity contribution in [1.29, 1.82) is 0 Å². The molecule has 0 atom stereocenters. The SMILES string of the molecule is CSc1cc(S)c(C)c2sccc12. The van der Waals surface area contributed by atoms with Gasteiger partial charge in [0, 0.05) is 19.9 Å². The quantitative estimate of drug-likeness (QED) is 0.561. The Morgan fingerprint density at radius 1 is 1.46 bits per heavy atom. The third-order valence-electron chi connectivity index (χ3n) is 2.14. The first-order chi connectivity index (χ1) is 6.24. The highest BCUT2D eigenvalue weighted by molar-refractivity contribution is 7.98. The van der Waals surface area contributed by atoms with Crippen LogP contribution in [0.4, 0.5) is 0 Å². The van der Waals surface area contributed by atoms with Crippen LogP contribution >= 0.6 is 35.7 Å². The predicted octanol–water partition coefficient (Wildman–Crippen LogP) is 4.22. The van der Waals surface area contributed by atoms with Crippen LogP contribution in [0.25, 0.3) is 10.1 Å². The molecule has 0 aliphatic carbocycles. The summed E-state index contributed by atoms with van der Waals surface area (Å²) in [6.45, 7) is 2.13. The Balaban J connectivity index is 2.87. The summed E-state index contributed by atoms with van der Waals surface area (Å²) in [6, 6.07) is 4.34. The summed E-state index contributed by atoms with van der Waals surface area (Å²) < 4.78 is 1.37.